The Labute approximate surface area is 170 Å². The standard InChI is InChI=1S/C21H28FN3O4/c22-18-3-6-20(24-14-18)25-8-7-21(27,16-25)15-23-13-17-1-4-19(5-2-17)29-12-11-28-10-9-26/h1-6,14,23,26-27H,7-13,15-16H2/t21-/m1/s1. The van der Waals surface area contributed by atoms with Gasteiger partial charge in [0.2, 0.25) is 0 Å². The number of aliphatic hydroxyl groups excluding tert-OH is 1. The fourth-order valence-corrected chi connectivity index (χ4v) is 3.28. The maximum absolute atomic E-state index is 13.0. The number of rotatable bonds is 11. The Morgan fingerprint density at radius 3 is 2.69 bits per heavy atom. The van der Waals surface area contributed by atoms with Gasteiger partial charge in [-0.3, -0.25) is 0 Å². The van der Waals surface area contributed by atoms with E-state index in [0.717, 1.165) is 11.3 Å². The summed E-state index contributed by atoms with van der Waals surface area (Å²) in [5, 5.41) is 22.8. The lowest BCUT2D eigenvalue weighted by molar-refractivity contribution is 0.0626. The molecule has 3 N–H and O–H groups in total. The van der Waals surface area contributed by atoms with Gasteiger partial charge < -0.3 is 29.9 Å². The Bertz CT molecular complexity index is 745. The largest absolute Gasteiger partial charge is 0.491 e. The second-order valence-electron chi connectivity index (χ2n) is 7.16. The van der Waals surface area contributed by atoms with Crippen LogP contribution in [-0.4, -0.2) is 66.9 Å². The Hall–Kier alpha value is -2.26. The first-order valence-corrected chi connectivity index (χ1v) is 9.78. The van der Waals surface area contributed by atoms with E-state index in [-0.39, 0.29) is 12.4 Å². The third-order valence-electron chi connectivity index (χ3n) is 4.81. The zero-order chi connectivity index (χ0) is 20.5. The Kier molecular flexibility index (Phi) is 7.76. The summed E-state index contributed by atoms with van der Waals surface area (Å²) in [5.41, 5.74) is 0.251. The van der Waals surface area contributed by atoms with Gasteiger partial charge in [0.15, 0.2) is 0 Å². The molecule has 29 heavy (non-hydrogen) atoms. The highest BCUT2D eigenvalue weighted by atomic mass is 19.1. The van der Waals surface area contributed by atoms with Gasteiger partial charge in [0, 0.05) is 26.2 Å². The smallest absolute Gasteiger partial charge is 0.141 e. The average Bonchev–Trinajstić information content (AvgIpc) is 3.12. The van der Waals surface area contributed by atoms with Crippen molar-refractivity contribution in [3.8, 4) is 5.75 Å². The molecule has 1 aliphatic rings. The third-order valence-corrected chi connectivity index (χ3v) is 4.81. The highest BCUT2D eigenvalue weighted by Crippen LogP contribution is 2.25. The van der Waals surface area contributed by atoms with Crippen LogP contribution in [0.1, 0.15) is 12.0 Å². The lowest BCUT2D eigenvalue weighted by Crippen LogP contribution is -2.43. The maximum atomic E-state index is 13.0. The summed E-state index contributed by atoms with van der Waals surface area (Å²) < 4.78 is 23.7. The number of hydrogen-bond donors (Lipinski definition) is 3. The predicted octanol–water partition coefficient (Wildman–Crippen LogP) is 1.34. The molecule has 2 aromatic rings. The summed E-state index contributed by atoms with van der Waals surface area (Å²) in [6.07, 6.45) is 1.82. The number of nitrogens with one attached hydrogen (secondary N) is 1. The lowest BCUT2D eigenvalue weighted by Gasteiger charge is -2.24. The van der Waals surface area contributed by atoms with Crippen LogP contribution in [0.3, 0.4) is 0 Å². The van der Waals surface area contributed by atoms with Crippen LogP contribution in [0.5, 0.6) is 5.75 Å². The molecule has 2 heterocycles. The molecule has 0 spiro atoms. The quantitative estimate of drug-likeness (QED) is 0.486. The van der Waals surface area contributed by atoms with Gasteiger partial charge in [0.05, 0.1) is 31.6 Å². The predicted molar refractivity (Wildman–Crippen MR) is 108 cm³/mol. The van der Waals surface area contributed by atoms with Crippen molar-refractivity contribution >= 4 is 5.82 Å². The number of hydrogen-bond acceptors (Lipinski definition) is 7. The zero-order valence-corrected chi connectivity index (χ0v) is 16.4. The van der Waals surface area contributed by atoms with Crippen molar-refractivity contribution in [3.63, 3.8) is 0 Å². The van der Waals surface area contributed by atoms with E-state index >= 15 is 0 Å². The highest BCUT2D eigenvalue weighted by molar-refractivity contribution is 5.40. The van der Waals surface area contributed by atoms with Gasteiger partial charge in [-0.05, 0) is 36.2 Å². The molecule has 0 amide bonds. The number of β-amino-alcohol motifs (C(OH)–C–C–N with tert-alkyl or cyclic N) is 1. The van der Waals surface area contributed by atoms with Crippen molar-refractivity contribution in [3.05, 3.63) is 54.0 Å². The second kappa shape index (κ2) is 10.5. The first kappa shape index (κ1) is 21.4. The molecule has 0 aliphatic carbocycles. The van der Waals surface area contributed by atoms with E-state index in [0.29, 0.717) is 58.2 Å². The molecule has 7 nitrogen and oxygen atoms in total. The van der Waals surface area contributed by atoms with E-state index in [1.807, 2.05) is 29.2 Å². The minimum Gasteiger partial charge on any atom is -0.491 e. The number of anilines is 1. The molecule has 158 valence electrons. The van der Waals surface area contributed by atoms with E-state index in [1.165, 1.54) is 12.3 Å². The van der Waals surface area contributed by atoms with Gasteiger partial charge in [-0.2, -0.15) is 0 Å². The first-order chi connectivity index (χ1) is 14.1. The Morgan fingerprint density at radius 2 is 1.97 bits per heavy atom. The van der Waals surface area contributed by atoms with Gasteiger partial charge >= 0.3 is 0 Å². The van der Waals surface area contributed by atoms with Crippen LogP contribution in [0, 0.1) is 5.82 Å². The van der Waals surface area contributed by atoms with Crippen LogP contribution in [0.15, 0.2) is 42.6 Å². The van der Waals surface area contributed by atoms with Crippen molar-refractivity contribution < 1.29 is 24.1 Å². The molecule has 8 heteroatoms. The Balaban J connectivity index is 1.38. The molecule has 0 saturated carbocycles. The molecule has 1 aromatic heterocycles. The van der Waals surface area contributed by atoms with Crippen LogP contribution in [0.4, 0.5) is 10.2 Å². The fraction of sp³-hybridized carbons (Fsp3) is 0.476. The van der Waals surface area contributed by atoms with E-state index in [2.05, 4.69) is 10.3 Å². The molecular formula is C21H28FN3O4. The molecule has 1 saturated heterocycles. The van der Waals surface area contributed by atoms with Crippen LogP contribution in [-0.2, 0) is 11.3 Å². The van der Waals surface area contributed by atoms with Gasteiger partial charge in [-0.25, -0.2) is 9.37 Å². The van der Waals surface area contributed by atoms with Crippen molar-refractivity contribution in [2.45, 2.75) is 18.6 Å². The number of nitrogens with zero attached hydrogens (tertiary/aromatic N) is 2. The first-order valence-electron chi connectivity index (χ1n) is 9.78. The number of ether oxygens (including phenoxy) is 2. The molecule has 1 aromatic carbocycles. The number of halogens is 1. The molecule has 1 atom stereocenters. The number of aromatic nitrogens is 1. The normalized spacial score (nSPS) is 18.9. The molecule has 0 radical (unpaired) electrons. The van der Waals surface area contributed by atoms with E-state index in [4.69, 9.17) is 14.6 Å². The third kappa shape index (κ3) is 6.64. The topological polar surface area (TPSA) is 87.1 Å². The summed E-state index contributed by atoms with van der Waals surface area (Å²) in [6.45, 7) is 3.45. The van der Waals surface area contributed by atoms with Crippen LogP contribution in [0.25, 0.3) is 0 Å². The zero-order valence-electron chi connectivity index (χ0n) is 16.4. The van der Waals surface area contributed by atoms with Gasteiger partial charge in [-0.1, -0.05) is 12.1 Å². The Morgan fingerprint density at radius 1 is 1.14 bits per heavy atom. The number of pyridine rings is 1. The van der Waals surface area contributed by atoms with Gasteiger partial charge in [-0.15, -0.1) is 0 Å². The van der Waals surface area contributed by atoms with Gasteiger partial charge in [0.25, 0.3) is 0 Å². The van der Waals surface area contributed by atoms with Crippen molar-refractivity contribution in [1.29, 1.82) is 0 Å². The molecule has 1 aliphatic heterocycles. The van der Waals surface area contributed by atoms with Crippen LogP contribution < -0.4 is 15.0 Å². The SMILES string of the molecule is OCCOCCOc1ccc(CNC[C@]2(O)CCN(c3ccc(F)cn3)C2)cc1. The van der Waals surface area contributed by atoms with Crippen molar-refractivity contribution in [2.24, 2.45) is 0 Å². The average molecular weight is 405 g/mol. The molecule has 0 unspecified atom stereocenters. The van der Waals surface area contributed by atoms with Crippen molar-refractivity contribution in [1.82, 2.24) is 10.3 Å². The summed E-state index contributed by atoms with van der Waals surface area (Å²) in [4.78, 5) is 6.06. The number of benzene rings is 1. The summed E-state index contributed by atoms with van der Waals surface area (Å²) in [5.74, 6) is 1.08. The lowest BCUT2D eigenvalue weighted by atomic mass is 10.0. The second-order valence-corrected chi connectivity index (χ2v) is 7.16. The number of aliphatic hydroxyl groups is 2. The minimum absolute atomic E-state index is 0.0119. The van der Waals surface area contributed by atoms with E-state index in [1.54, 1.807) is 6.07 Å². The van der Waals surface area contributed by atoms with Crippen LogP contribution >= 0.6 is 0 Å². The molecular weight excluding hydrogens is 377 g/mol. The van der Waals surface area contributed by atoms with Gasteiger partial charge in [0.1, 0.15) is 24.0 Å². The molecule has 0 bridgehead atoms. The van der Waals surface area contributed by atoms with Crippen molar-refractivity contribution in [2.75, 3.05) is 51.0 Å². The minimum atomic E-state index is -0.840. The monoisotopic (exact) mass is 405 g/mol. The summed E-state index contributed by atoms with van der Waals surface area (Å²) in [7, 11) is 0. The molecule has 1 fully saturated rings. The molecule has 3 rings (SSSR count). The van der Waals surface area contributed by atoms with Crippen LogP contribution in [0.2, 0.25) is 0 Å². The summed E-state index contributed by atoms with van der Waals surface area (Å²) >= 11 is 0. The van der Waals surface area contributed by atoms with E-state index < -0.39 is 5.60 Å². The summed E-state index contributed by atoms with van der Waals surface area (Å²) in [6, 6.07) is 10.8. The highest BCUT2D eigenvalue weighted by Gasteiger charge is 2.36. The van der Waals surface area contributed by atoms with E-state index in [9.17, 15) is 9.50 Å². The fourth-order valence-electron chi connectivity index (χ4n) is 3.28. The maximum Gasteiger partial charge on any atom is 0.141 e.